The fourth-order valence-electron chi connectivity index (χ4n) is 1.48. The first-order chi connectivity index (χ1) is 6.72. The minimum Gasteiger partial charge on any atom is -0.330 e. The fourth-order valence-corrected chi connectivity index (χ4v) is 1.48. The highest BCUT2D eigenvalue weighted by atomic mass is 15.3. The Morgan fingerprint density at radius 3 is 2.86 bits per heavy atom. The van der Waals surface area contributed by atoms with Gasteiger partial charge in [0.05, 0.1) is 6.20 Å². The number of unbranched alkanes of at least 4 members (excludes halogenated alkanes) is 1. The second kappa shape index (κ2) is 5.81. The Morgan fingerprint density at radius 2 is 2.21 bits per heavy atom. The molecule has 0 aliphatic carbocycles. The zero-order chi connectivity index (χ0) is 10.4. The summed E-state index contributed by atoms with van der Waals surface area (Å²) < 4.78 is 2.03. The Labute approximate surface area is 86.3 Å². The lowest BCUT2D eigenvalue weighted by Gasteiger charge is -2.03. The molecule has 3 nitrogen and oxygen atoms in total. The summed E-state index contributed by atoms with van der Waals surface area (Å²) in [5.41, 5.74) is 6.78. The molecule has 0 unspecified atom stereocenters. The molecule has 2 N–H and O–H groups in total. The van der Waals surface area contributed by atoms with E-state index in [1.54, 1.807) is 0 Å². The van der Waals surface area contributed by atoms with Gasteiger partial charge in [0.2, 0.25) is 0 Å². The van der Waals surface area contributed by atoms with Gasteiger partial charge in [0.25, 0.3) is 0 Å². The summed E-state index contributed by atoms with van der Waals surface area (Å²) in [5, 5.41) is 4.32. The van der Waals surface area contributed by atoms with Crippen molar-refractivity contribution in [3.63, 3.8) is 0 Å². The highest BCUT2D eigenvalue weighted by Crippen LogP contribution is 2.05. The second-order valence-electron chi connectivity index (χ2n) is 4.21. The Kier molecular flexibility index (Phi) is 4.66. The number of hydrogen-bond donors (Lipinski definition) is 1. The molecule has 0 aliphatic rings. The number of aryl methyl sites for hydroxylation is 1. The van der Waals surface area contributed by atoms with Crippen LogP contribution in [0.25, 0.3) is 0 Å². The monoisotopic (exact) mass is 195 g/mol. The van der Waals surface area contributed by atoms with Crippen molar-refractivity contribution < 1.29 is 0 Å². The van der Waals surface area contributed by atoms with E-state index in [4.69, 9.17) is 5.73 Å². The van der Waals surface area contributed by atoms with Gasteiger partial charge in [-0.2, -0.15) is 5.10 Å². The molecule has 0 aliphatic heterocycles. The van der Waals surface area contributed by atoms with Crippen molar-refractivity contribution in [1.82, 2.24) is 9.78 Å². The van der Waals surface area contributed by atoms with Crippen molar-refractivity contribution in [3.8, 4) is 0 Å². The predicted octanol–water partition coefficient (Wildman–Crippen LogP) is 1.82. The summed E-state index contributed by atoms with van der Waals surface area (Å²) in [6.07, 6.45) is 7.50. The smallest absolute Gasteiger partial charge is 0.0521 e. The Hall–Kier alpha value is -0.830. The average molecular weight is 195 g/mol. The molecule has 1 aromatic rings. The van der Waals surface area contributed by atoms with Crippen molar-refractivity contribution in [3.05, 3.63) is 18.0 Å². The minimum absolute atomic E-state index is 0.659. The number of aromatic nitrogens is 2. The van der Waals surface area contributed by atoms with E-state index in [1.807, 2.05) is 10.9 Å². The number of hydrogen-bond acceptors (Lipinski definition) is 2. The number of nitrogens with zero attached hydrogens (tertiary/aromatic N) is 2. The van der Waals surface area contributed by atoms with Crippen LogP contribution in [-0.4, -0.2) is 16.3 Å². The van der Waals surface area contributed by atoms with Crippen molar-refractivity contribution in [1.29, 1.82) is 0 Å². The van der Waals surface area contributed by atoms with Gasteiger partial charge in [0.1, 0.15) is 0 Å². The Balaban J connectivity index is 2.35. The van der Waals surface area contributed by atoms with Crippen molar-refractivity contribution >= 4 is 0 Å². The molecular weight excluding hydrogens is 174 g/mol. The molecule has 14 heavy (non-hydrogen) atoms. The lowest BCUT2D eigenvalue weighted by atomic mass is 10.1. The van der Waals surface area contributed by atoms with Gasteiger partial charge in [-0.25, -0.2) is 0 Å². The van der Waals surface area contributed by atoms with Crippen LogP contribution in [0.5, 0.6) is 0 Å². The van der Waals surface area contributed by atoms with E-state index in [0.717, 1.165) is 25.9 Å². The van der Waals surface area contributed by atoms with Gasteiger partial charge in [-0.05, 0) is 37.3 Å². The molecule has 0 atom stereocenters. The van der Waals surface area contributed by atoms with Crippen LogP contribution >= 0.6 is 0 Å². The van der Waals surface area contributed by atoms with Gasteiger partial charge < -0.3 is 5.73 Å². The lowest BCUT2D eigenvalue weighted by molar-refractivity contribution is 0.483. The van der Waals surface area contributed by atoms with Crippen LogP contribution in [0, 0.1) is 5.92 Å². The maximum Gasteiger partial charge on any atom is 0.0521 e. The Bertz CT molecular complexity index is 253. The normalized spacial score (nSPS) is 11.1. The topological polar surface area (TPSA) is 43.8 Å². The van der Waals surface area contributed by atoms with E-state index in [-0.39, 0.29) is 0 Å². The van der Waals surface area contributed by atoms with E-state index < -0.39 is 0 Å². The third kappa shape index (κ3) is 3.92. The molecule has 0 saturated carbocycles. The molecule has 1 aromatic heterocycles. The van der Waals surface area contributed by atoms with Gasteiger partial charge in [0.15, 0.2) is 0 Å². The molecule has 0 amide bonds. The standard InChI is InChI=1S/C11H21N3/c1-10(2)8-14-9-11(7-13-14)5-3-4-6-12/h7,9-10H,3-6,8,12H2,1-2H3. The summed E-state index contributed by atoms with van der Waals surface area (Å²) >= 11 is 0. The van der Waals surface area contributed by atoms with Gasteiger partial charge >= 0.3 is 0 Å². The highest BCUT2D eigenvalue weighted by molar-refractivity contribution is 5.03. The van der Waals surface area contributed by atoms with E-state index in [1.165, 1.54) is 12.0 Å². The maximum atomic E-state index is 5.44. The Morgan fingerprint density at radius 1 is 1.43 bits per heavy atom. The minimum atomic E-state index is 0.659. The van der Waals surface area contributed by atoms with Crippen molar-refractivity contribution in [2.24, 2.45) is 11.7 Å². The van der Waals surface area contributed by atoms with Crippen LogP contribution in [0.2, 0.25) is 0 Å². The summed E-state index contributed by atoms with van der Waals surface area (Å²) in [4.78, 5) is 0. The highest BCUT2D eigenvalue weighted by Gasteiger charge is 2.00. The maximum absolute atomic E-state index is 5.44. The summed E-state index contributed by atoms with van der Waals surface area (Å²) in [5.74, 6) is 0.659. The third-order valence-electron chi connectivity index (χ3n) is 2.16. The molecule has 0 fully saturated rings. The van der Waals surface area contributed by atoms with E-state index in [9.17, 15) is 0 Å². The molecular formula is C11H21N3. The van der Waals surface area contributed by atoms with Crippen LogP contribution in [0.1, 0.15) is 32.3 Å². The molecule has 0 spiro atoms. The number of nitrogens with two attached hydrogens (primary N) is 1. The summed E-state index contributed by atoms with van der Waals surface area (Å²) in [7, 11) is 0. The zero-order valence-electron chi connectivity index (χ0n) is 9.24. The van der Waals surface area contributed by atoms with E-state index in [2.05, 4.69) is 25.1 Å². The first-order valence-electron chi connectivity index (χ1n) is 5.43. The third-order valence-corrected chi connectivity index (χ3v) is 2.16. The molecule has 0 bridgehead atoms. The SMILES string of the molecule is CC(C)Cn1cc(CCCCN)cn1. The zero-order valence-corrected chi connectivity index (χ0v) is 9.24. The van der Waals surface area contributed by atoms with Crippen molar-refractivity contribution in [2.75, 3.05) is 6.54 Å². The molecule has 3 heteroatoms. The fraction of sp³-hybridized carbons (Fsp3) is 0.727. The van der Waals surface area contributed by atoms with Crippen LogP contribution in [0.3, 0.4) is 0 Å². The van der Waals surface area contributed by atoms with Crippen LogP contribution in [0.15, 0.2) is 12.4 Å². The first kappa shape index (κ1) is 11.2. The average Bonchev–Trinajstić information content (AvgIpc) is 2.52. The van der Waals surface area contributed by atoms with Crippen LogP contribution in [-0.2, 0) is 13.0 Å². The van der Waals surface area contributed by atoms with Gasteiger partial charge in [-0.3, -0.25) is 4.68 Å². The lowest BCUT2D eigenvalue weighted by Crippen LogP contribution is -2.04. The van der Waals surface area contributed by atoms with Gasteiger partial charge in [-0.1, -0.05) is 13.8 Å². The van der Waals surface area contributed by atoms with Crippen LogP contribution in [0.4, 0.5) is 0 Å². The summed E-state index contributed by atoms with van der Waals surface area (Å²) in [6.45, 7) is 6.21. The van der Waals surface area contributed by atoms with Gasteiger partial charge in [-0.15, -0.1) is 0 Å². The molecule has 1 rings (SSSR count). The predicted molar refractivity (Wildman–Crippen MR) is 59.1 cm³/mol. The molecule has 0 radical (unpaired) electrons. The quantitative estimate of drug-likeness (QED) is 0.704. The van der Waals surface area contributed by atoms with Crippen molar-refractivity contribution in [2.45, 2.75) is 39.7 Å². The first-order valence-corrected chi connectivity index (χ1v) is 5.43. The van der Waals surface area contributed by atoms with Gasteiger partial charge in [0, 0.05) is 12.7 Å². The molecule has 1 heterocycles. The largest absolute Gasteiger partial charge is 0.330 e. The van der Waals surface area contributed by atoms with E-state index >= 15 is 0 Å². The number of rotatable bonds is 6. The molecule has 0 aromatic carbocycles. The van der Waals surface area contributed by atoms with Crippen LogP contribution < -0.4 is 5.73 Å². The molecule has 80 valence electrons. The molecule has 0 saturated heterocycles. The van der Waals surface area contributed by atoms with E-state index in [0.29, 0.717) is 5.92 Å². The second-order valence-corrected chi connectivity index (χ2v) is 4.21. The summed E-state index contributed by atoms with van der Waals surface area (Å²) in [6, 6.07) is 0.